The van der Waals surface area contributed by atoms with Gasteiger partial charge in [-0.05, 0) is 63.4 Å². The van der Waals surface area contributed by atoms with Gasteiger partial charge >= 0.3 is 5.97 Å². The van der Waals surface area contributed by atoms with Crippen LogP contribution < -0.4 is 0 Å². The minimum Gasteiger partial charge on any atom is -0.458 e. The lowest BCUT2D eigenvalue weighted by molar-refractivity contribution is -0.401. The highest BCUT2D eigenvalue weighted by Crippen LogP contribution is 2.71. The number of fused-ring (bicyclic) bond motifs is 3. The third-order valence-electron chi connectivity index (χ3n) is 10.8. The van der Waals surface area contributed by atoms with Gasteiger partial charge in [-0.3, -0.25) is 0 Å². The molecule has 8 heteroatoms. The molecule has 0 aromatic carbocycles. The molecule has 4 saturated carbocycles. The van der Waals surface area contributed by atoms with Crippen LogP contribution in [0.1, 0.15) is 65.7 Å². The molecule has 34 heavy (non-hydrogen) atoms. The molecule has 2 aliphatic heterocycles. The highest BCUT2D eigenvalue weighted by molar-refractivity contribution is 5.85. The molecular formula is C26H38O8. The molecule has 1 spiro atoms. The fourth-order valence-corrected chi connectivity index (χ4v) is 9.45. The number of hydrogen-bond acceptors (Lipinski definition) is 8. The van der Waals surface area contributed by atoms with Crippen molar-refractivity contribution in [3.05, 3.63) is 11.6 Å². The molecule has 0 radical (unpaired) electrons. The Morgan fingerprint density at radius 3 is 2.53 bits per heavy atom. The summed E-state index contributed by atoms with van der Waals surface area (Å²) in [5.74, 6) is -1.91. The molecular weight excluding hydrogens is 440 g/mol. The van der Waals surface area contributed by atoms with Crippen molar-refractivity contribution in [2.24, 2.45) is 28.6 Å². The van der Waals surface area contributed by atoms with E-state index in [1.54, 1.807) is 6.08 Å². The third kappa shape index (κ3) is 2.78. The van der Waals surface area contributed by atoms with Gasteiger partial charge in [0.1, 0.15) is 6.61 Å². The lowest BCUT2D eigenvalue weighted by atomic mass is 9.40. The normalized spacial score (nSPS) is 56.0. The van der Waals surface area contributed by atoms with E-state index in [1.165, 1.54) is 0 Å². The first kappa shape index (κ1) is 23.4. The zero-order valence-corrected chi connectivity index (χ0v) is 20.3. The summed E-state index contributed by atoms with van der Waals surface area (Å²) in [4.78, 5) is 11.8. The fraction of sp³-hybridized carbons (Fsp3) is 0.885. The van der Waals surface area contributed by atoms with Crippen LogP contribution in [0.5, 0.6) is 0 Å². The van der Waals surface area contributed by atoms with Crippen LogP contribution in [0.2, 0.25) is 0 Å². The minimum absolute atomic E-state index is 0.0420. The van der Waals surface area contributed by atoms with Gasteiger partial charge in [-0.25, -0.2) is 4.79 Å². The fourth-order valence-electron chi connectivity index (χ4n) is 9.45. The molecule has 0 unspecified atom stereocenters. The highest BCUT2D eigenvalue weighted by atomic mass is 16.7. The van der Waals surface area contributed by atoms with Crippen LogP contribution in [0.4, 0.5) is 0 Å². The second-order valence-electron chi connectivity index (χ2n) is 12.7. The van der Waals surface area contributed by atoms with Gasteiger partial charge in [-0.1, -0.05) is 6.92 Å². The van der Waals surface area contributed by atoms with Crippen molar-refractivity contribution in [2.45, 2.75) is 101 Å². The van der Waals surface area contributed by atoms with Crippen LogP contribution in [0.15, 0.2) is 11.6 Å². The number of carbonyl (C=O) groups is 1. The van der Waals surface area contributed by atoms with Crippen molar-refractivity contribution in [1.82, 2.24) is 0 Å². The molecule has 10 atom stereocenters. The van der Waals surface area contributed by atoms with Gasteiger partial charge in [0.05, 0.1) is 41.5 Å². The summed E-state index contributed by atoms with van der Waals surface area (Å²) in [5.41, 5.74) is -2.92. The quantitative estimate of drug-likeness (QED) is 0.417. The van der Waals surface area contributed by atoms with Crippen molar-refractivity contribution in [2.75, 3.05) is 13.2 Å². The summed E-state index contributed by atoms with van der Waals surface area (Å²) in [6, 6.07) is 0. The molecule has 0 bridgehead atoms. The largest absolute Gasteiger partial charge is 0.458 e. The maximum Gasteiger partial charge on any atom is 0.331 e. The molecule has 6 rings (SSSR count). The maximum atomic E-state index is 12.4. The number of cyclic esters (lactones) is 1. The number of carbonyl (C=O) groups excluding carboxylic acids is 1. The van der Waals surface area contributed by atoms with Crippen LogP contribution in [0.3, 0.4) is 0 Å². The Kier molecular flexibility index (Phi) is 4.84. The van der Waals surface area contributed by atoms with E-state index in [4.69, 9.17) is 14.2 Å². The summed E-state index contributed by atoms with van der Waals surface area (Å²) in [6.07, 6.45) is 2.81. The molecule has 6 aliphatic rings. The first-order valence-electron chi connectivity index (χ1n) is 12.9. The lowest BCUT2D eigenvalue weighted by Crippen LogP contribution is -2.78. The smallest absolute Gasteiger partial charge is 0.331 e. The van der Waals surface area contributed by atoms with E-state index in [0.717, 1.165) is 12.0 Å². The Morgan fingerprint density at radius 2 is 1.82 bits per heavy atom. The van der Waals surface area contributed by atoms with Gasteiger partial charge in [-0.15, -0.1) is 0 Å². The summed E-state index contributed by atoms with van der Waals surface area (Å²) in [6.45, 7) is 6.19. The Balaban J connectivity index is 1.43. The van der Waals surface area contributed by atoms with E-state index in [0.29, 0.717) is 32.1 Å². The molecule has 2 heterocycles. The molecule has 4 N–H and O–H groups in total. The van der Waals surface area contributed by atoms with Crippen LogP contribution >= 0.6 is 0 Å². The molecule has 0 amide bonds. The summed E-state index contributed by atoms with van der Waals surface area (Å²) in [5, 5.41) is 46.9. The first-order valence-corrected chi connectivity index (χ1v) is 12.9. The minimum atomic E-state index is -1.25. The number of aliphatic hydroxyl groups excluding tert-OH is 2. The van der Waals surface area contributed by atoms with Crippen LogP contribution in [-0.2, 0) is 19.0 Å². The second kappa shape index (κ2) is 7.05. The van der Waals surface area contributed by atoms with Crippen molar-refractivity contribution in [3.8, 4) is 0 Å². The Bertz CT molecular complexity index is 932. The number of rotatable bonds is 1. The number of aliphatic hydroxyl groups is 4. The zero-order valence-electron chi connectivity index (χ0n) is 20.3. The van der Waals surface area contributed by atoms with E-state index in [2.05, 4.69) is 0 Å². The van der Waals surface area contributed by atoms with Gasteiger partial charge in [0.15, 0.2) is 5.79 Å². The average Bonchev–Trinajstić information content (AvgIpc) is 3.26. The van der Waals surface area contributed by atoms with Crippen molar-refractivity contribution < 1.29 is 39.4 Å². The Morgan fingerprint density at radius 1 is 1.06 bits per heavy atom. The van der Waals surface area contributed by atoms with Gasteiger partial charge in [0.25, 0.3) is 0 Å². The van der Waals surface area contributed by atoms with Gasteiger partial charge in [0.2, 0.25) is 0 Å². The standard InChI is InChI=1S/C26H38O8/c1-22(2)33-13-25-19(34-22)9-15(27)10-24(25,30)6-4-17-21(25)18(28)11-23(3)16(5-7-26(17,23)31)14-8-20(29)32-12-14/h8,15-19,21,27-28,30-31H,4-7,9-13H2,1-3H3/t15-,16-,17-,18-,19-,21-,23+,24+,25+,26-/m0/s1. The van der Waals surface area contributed by atoms with E-state index in [9.17, 15) is 25.2 Å². The number of ether oxygens (including phenoxy) is 3. The van der Waals surface area contributed by atoms with E-state index < -0.39 is 52.0 Å². The van der Waals surface area contributed by atoms with Gasteiger partial charge in [0, 0.05) is 30.3 Å². The third-order valence-corrected chi connectivity index (χ3v) is 10.8. The highest BCUT2D eigenvalue weighted by Gasteiger charge is 2.76. The first-order chi connectivity index (χ1) is 15.9. The maximum absolute atomic E-state index is 12.4. The van der Waals surface area contributed by atoms with Gasteiger partial charge in [-0.2, -0.15) is 0 Å². The number of hydrogen-bond donors (Lipinski definition) is 4. The van der Waals surface area contributed by atoms with Crippen LogP contribution in [0.25, 0.3) is 0 Å². The molecule has 8 nitrogen and oxygen atoms in total. The molecule has 190 valence electrons. The molecule has 0 aromatic heterocycles. The van der Waals surface area contributed by atoms with E-state index >= 15 is 0 Å². The SMILES string of the molecule is CC1(C)OC[C@@]23[C@@H]4[C@@H](O)C[C@]5(C)[C@H](C6=CC(=O)OC6)CC[C@]5(O)[C@H]4CC[C@@]2(O)C[C@@H](O)C[C@@H]3O1. The summed E-state index contributed by atoms with van der Waals surface area (Å²) < 4.78 is 17.7. The van der Waals surface area contributed by atoms with Gasteiger partial charge < -0.3 is 34.6 Å². The molecule has 1 saturated heterocycles. The van der Waals surface area contributed by atoms with E-state index in [-0.39, 0.29) is 37.4 Å². The predicted octanol–water partition coefficient (Wildman–Crippen LogP) is 1.43. The van der Waals surface area contributed by atoms with Crippen molar-refractivity contribution >= 4 is 5.97 Å². The van der Waals surface area contributed by atoms with E-state index in [1.807, 2.05) is 20.8 Å². The average molecular weight is 479 g/mol. The Labute approximate surface area is 200 Å². The van der Waals surface area contributed by atoms with Crippen molar-refractivity contribution in [1.29, 1.82) is 0 Å². The molecule has 5 fully saturated rings. The molecule has 0 aromatic rings. The van der Waals surface area contributed by atoms with Crippen LogP contribution in [-0.4, -0.2) is 74.9 Å². The zero-order chi connectivity index (χ0) is 24.3. The predicted molar refractivity (Wildman–Crippen MR) is 119 cm³/mol. The van der Waals surface area contributed by atoms with Crippen LogP contribution in [0, 0.1) is 28.6 Å². The second-order valence-corrected chi connectivity index (χ2v) is 12.7. The van der Waals surface area contributed by atoms with Crippen molar-refractivity contribution in [3.63, 3.8) is 0 Å². The summed E-state index contributed by atoms with van der Waals surface area (Å²) >= 11 is 0. The summed E-state index contributed by atoms with van der Waals surface area (Å²) in [7, 11) is 0. The monoisotopic (exact) mass is 478 g/mol. The lowest BCUT2D eigenvalue weighted by Gasteiger charge is -2.70. The Hall–Kier alpha value is -1.03. The topological polar surface area (TPSA) is 126 Å². The number of esters is 1. The molecule has 4 aliphatic carbocycles.